The van der Waals surface area contributed by atoms with Gasteiger partial charge in [-0.15, -0.1) is 11.3 Å². The topological polar surface area (TPSA) is 38.7 Å². The molecule has 0 fully saturated rings. The SMILES string of the molecule is c1ccc(-c2nc(-c3ccc(-c4cccc5c(-c6ccc(-c7cccc8c7sc7ccccc78)cc6)cccc45)cc3)nc(-c3ccccc3-c3ccccc3)n2)cc1. The monoisotopic (exact) mass is 769 g/mol. The van der Waals surface area contributed by atoms with E-state index >= 15 is 0 Å². The average molecular weight is 770 g/mol. The van der Waals surface area contributed by atoms with Crippen molar-refractivity contribution in [1.82, 2.24) is 15.0 Å². The normalized spacial score (nSPS) is 11.4. The summed E-state index contributed by atoms with van der Waals surface area (Å²) in [7, 11) is 0. The summed E-state index contributed by atoms with van der Waals surface area (Å²) in [5, 5.41) is 5.08. The predicted molar refractivity (Wildman–Crippen MR) is 248 cm³/mol. The third-order valence-corrected chi connectivity index (χ3v) is 12.4. The Morgan fingerprint density at radius 1 is 0.237 bits per heavy atom. The molecule has 2 heterocycles. The Bertz CT molecular complexity index is 3300. The van der Waals surface area contributed by atoms with Crippen LogP contribution in [0.3, 0.4) is 0 Å². The minimum Gasteiger partial charge on any atom is -0.208 e. The summed E-state index contributed by atoms with van der Waals surface area (Å²) in [5.41, 5.74) is 12.3. The van der Waals surface area contributed by atoms with Gasteiger partial charge in [0, 0.05) is 36.9 Å². The van der Waals surface area contributed by atoms with E-state index in [0.717, 1.165) is 33.4 Å². The summed E-state index contributed by atoms with van der Waals surface area (Å²) in [4.78, 5) is 15.2. The highest BCUT2D eigenvalue weighted by atomic mass is 32.1. The fourth-order valence-corrected chi connectivity index (χ4v) is 9.54. The second-order valence-electron chi connectivity index (χ2n) is 14.7. The van der Waals surface area contributed by atoms with Crippen LogP contribution in [0.5, 0.6) is 0 Å². The lowest BCUT2D eigenvalue weighted by Crippen LogP contribution is -2.01. The van der Waals surface area contributed by atoms with Crippen molar-refractivity contribution in [3.63, 3.8) is 0 Å². The maximum atomic E-state index is 5.11. The van der Waals surface area contributed by atoms with E-state index in [9.17, 15) is 0 Å². The molecule has 4 heteroatoms. The first-order chi connectivity index (χ1) is 29.2. The Balaban J connectivity index is 0.947. The quantitative estimate of drug-likeness (QED) is 0.162. The molecule has 276 valence electrons. The minimum absolute atomic E-state index is 0.635. The molecule has 0 aliphatic heterocycles. The molecular weight excluding hydrogens is 735 g/mol. The second-order valence-corrected chi connectivity index (χ2v) is 15.8. The van der Waals surface area contributed by atoms with Crippen molar-refractivity contribution < 1.29 is 0 Å². The van der Waals surface area contributed by atoms with Gasteiger partial charge in [0.25, 0.3) is 0 Å². The third kappa shape index (κ3) is 6.37. The molecular formula is C55H35N3S. The zero-order valence-corrected chi connectivity index (χ0v) is 32.8. The van der Waals surface area contributed by atoms with Crippen molar-refractivity contribution in [3.8, 4) is 78.7 Å². The largest absolute Gasteiger partial charge is 0.208 e. The van der Waals surface area contributed by atoms with Crippen LogP contribution in [0.4, 0.5) is 0 Å². The van der Waals surface area contributed by atoms with E-state index in [0.29, 0.717) is 17.5 Å². The van der Waals surface area contributed by atoms with Gasteiger partial charge in [-0.1, -0.05) is 206 Å². The van der Waals surface area contributed by atoms with Crippen LogP contribution in [0.15, 0.2) is 212 Å². The fourth-order valence-electron chi connectivity index (χ4n) is 8.31. The Morgan fingerprint density at radius 3 is 1.25 bits per heavy atom. The Hall–Kier alpha value is -7.53. The molecule has 9 aromatic carbocycles. The molecule has 3 nitrogen and oxygen atoms in total. The van der Waals surface area contributed by atoms with Gasteiger partial charge in [0.05, 0.1) is 0 Å². The van der Waals surface area contributed by atoms with E-state index < -0.39 is 0 Å². The maximum Gasteiger partial charge on any atom is 0.164 e. The zero-order chi connectivity index (χ0) is 39.1. The molecule has 0 amide bonds. The van der Waals surface area contributed by atoms with Crippen LogP contribution in [0.1, 0.15) is 0 Å². The number of hydrogen-bond acceptors (Lipinski definition) is 4. The van der Waals surface area contributed by atoms with Crippen molar-refractivity contribution >= 4 is 42.3 Å². The summed E-state index contributed by atoms with van der Waals surface area (Å²) in [5.74, 6) is 1.92. The van der Waals surface area contributed by atoms with E-state index in [1.807, 2.05) is 53.8 Å². The molecule has 0 aliphatic rings. The van der Waals surface area contributed by atoms with E-state index in [-0.39, 0.29) is 0 Å². The predicted octanol–water partition coefficient (Wildman–Crippen LogP) is 15.1. The fraction of sp³-hybridized carbons (Fsp3) is 0. The molecule has 59 heavy (non-hydrogen) atoms. The van der Waals surface area contributed by atoms with Gasteiger partial charge in [-0.25, -0.2) is 15.0 Å². The number of benzene rings is 9. The smallest absolute Gasteiger partial charge is 0.164 e. The van der Waals surface area contributed by atoms with Gasteiger partial charge in [-0.3, -0.25) is 0 Å². The van der Waals surface area contributed by atoms with Crippen molar-refractivity contribution in [2.45, 2.75) is 0 Å². The third-order valence-electron chi connectivity index (χ3n) is 11.2. The summed E-state index contributed by atoms with van der Waals surface area (Å²) in [6, 6.07) is 75.2. The van der Waals surface area contributed by atoms with Crippen LogP contribution >= 0.6 is 11.3 Å². The van der Waals surface area contributed by atoms with Crippen molar-refractivity contribution in [2.75, 3.05) is 0 Å². The van der Waals surface area contributed by atoms with Gasteiger partial charge in [-0.05, 0) is 61.3 Å². The average Bonchev–Trinajstić information content (AvgIpc) is 3.71. The minimum atomic E-state index is 0.635. The van der Waals surface area contributed by atoms with Crippen LogP contribution in [-0.4, -0.2) is 15.0 Å². The van der Waals surface area contributed by atoms with Crippen LogP contribution in [0.2, 0.25) is 0 Å². The van der Waals surface area contributed by atoms with Crippen molar-refractivity contribution in [2.24, 2.45) is 0 Å². The zero-order valence-electron chi connectivity index (χ0n) is 32.0. The molecule has 0 unspecified atom stereocenters. The molecule has 0 bridgehead atoms. The highest BCUT2D eigenvalue weighted by molar-refractivity contribution is 7.26. The summed E-state index contributed by atoms with van der Waals surface area (Å²) in [6.45, 7) is 0. The van der Waals surface area contributed by atoms with Gasteiger partial charge in [0.15, 0.2) is 17.5 Å². The lowest BCUT2D eigenvalue weighted by molar-refractivity contribution is 1.07. The van der Waals surface area contributed by atoms with Gasteiger partial charge < -0.3 is 0 Å². The molecule has 0 radical (unpaired) electrons. The van der Waals surface area contributed by atoms with E-state index in [4.69, 9.17) is 15.0 Å². The van der Waals surface area contributed by atoms with Crippen LogP contribution < -0.4 is 0 Å². The number of thiophene rings is 1. The molecule has 0 N–H and O–H groups in total. The van der Waals surface area contributed by atoms with Crippen molar-refractivity contribution in [3.05, 3.63) is 212 Å². The van der Waals surface area contributed by atoms with Gasteiger partial charge in [0.1, 0.15) is 0 Å². The number of nitrogens with zero attached hydrogens (tertiary/aromatic N) is 3. The molecule has 11 rings (SSSR count). The first-order valence-corrected chi connectivity index (χ1v) is 20.7. The molecule has 11 aromatic rings. The van der Waals surface area contributed by atoms with Gasteiger partial charge in [0.2, 0.25) is 0 Å². The van der Waals surface area contributed by atoms with E-state index in [1.165, 1.54) is 58.8 Å². The molecule has 0 spiro atoms. The van der Waals surface area contributed by atoms with Gasteiger partial charge >= 0.3 is 0 Å². The molecule has 0 saturated carbocycles. The Morgan fingerprint density at radius 2 is 0.627 bits per heavy atom. The number of aromatic nitrogens is 3. The standard InChI is InChI=1S/C55H35N3S/c1-3-14-36(15-4-1)44-18-7-8-20-50(44)55-57-53(40-16-5-2-6-17-40)56-54(58-55)41-34-32-38(33-35-41)43-22-12-24-46-42(21-11-25-47(43)46)37-28-30-39(31-29-37)45-23-13-26-49-48-19-9-10-27-51(48)59-52(45)49/h1-35H. The van der Waals surface area contributed by atoms with Crippen LogP contribution in [-0.2, 0) is 0 Å². The Labute approximate surface area is 346 Å². The van der Waals surface area contributed by atoms with Gasteiger partial charge in [-0.2, -0.15) is 0 Å². The van der Waals surface area contributed by atoms with Crippen molar-refractivity contribution in [1.29, 1.82) is 0 Å². The lowest BCUT2D eigenvalue weighted by atomic mass is 9.92. The first kappa shape index (κ1) is 34.7. The first-order valence-electron chi connectivity index (χ1n) is 19.9. The van der Waals surface area contributed by atoms with E-state index in [2.05, 4.69) is 170 Å². The Kier molecular flexibility index (Phi) is 8.68. The maximum absolute atomic E-state index is 5.11. The van der Waals surface area contributed by atoms with E-state index in [1.54, 1.807) is 0 Å². The highest BCUT2D eigenvalue weighted by Crippen LogP contribution is 2.41. The van der Waals surface area contributed by atoms with Crippen LogP contribution in [0, 0.1) is 0 Å². The molecule has 0 atom stereocenters. The molecule has 2 aromatic heterocycles. The molecule has 0 aliphatic carbocycles. The highest BCUT2D eigenvalue weighted by Gasteiger charge is 2.17. The summed E-state index contributed by atoms with van der Waals surface area (Å²) >= 11 is 1.87. The lowest BCUT2D eigenvalue weighted by Gasteiger charge is -2.13. The number of hydrogen-bond donors (Lipinski definition) is 0. The summed E-state index contributed by atoms with van der Waals surface area (Å²) in [6.07, 6.45) is 0. The number of rotatable bonds is 7. The summed E-state index contributed by atoms with van der Waals surface area (Å²) < 4.78 is 2.66. The molecule has 0 saturated heterocycles. The number of fused-ring (bicyclic) bond motifs is 4. The second kappa shape index (κ2) is 14.8. The van der Waals surface area contributed by atoms with Crippen LogP contribution in [0.25, 0.3) is 110 Å².